The fourth-order valence-electron chi connectivity index (χ4n) is 2.70. The molecule has 1 aliphatic rings. The van der Waals surface area contributed by atoms with E-state index in [1.165, 1.54) is 0 Å². The summed E-state index contributed by atoms with van der Waals surface area (Å²) in [5.74, 6) is 0.481. The number of nitrogens with one attached hydrogen (secondary N) is 2. The number of likely N-dealkylation sites (N-methyl/N-ethyl adjacent to an activating group) is 1. The molecule has 1 aliphatic heterocycles. The largest absolute Gasteiger partial charge is 0.497 e. The van der Waals surface area contributed by atoms with Crippen LogP contribution in [0.25, 0.3) is 0 Å². The minimum absolute atomic E-state index is 0. The highest BCUT2D eigenvalue weighted by molar-refractivity contribution is 5.95. The number of carbonyl (C=O) groups is 2. The zero-order chi connectivity index (χ0) is 16.7. The maximum Gasteiger partial charge on any atom is 0.243 e. The van der Waals surface area contributed by atoms with Crippen LogP contribution in [0, 0.1) is 0 Å². The lowest BCUT2D eigenvalue weighted by Crippen LogP contribution is -2.50. The Morgan fingerprint density at radius 2 is 2.17 bits per heavy atom. The molecule has 0 spiro atoms. The summed E-state index contributed by atoms with van der Waals surface area (Å²) in [5.41, 5.74) is 0.661. The van der Waals surface area contributed by atoms with Crippen molar-refractivity contribution in [3.8, 4) is 5.75 Å². The van der Waals surface area contributed by atoms with Gasteiger partial charge in [-0.15, -0.1) is 12.4 Å². The number of ether oxygens (including phenoxy) is 1. The number of methoxy groups -OCH3 is 1. The zero-order valence-corrected chi connectivity index (χ0v) is 15.0. The number of piperidine rings is 1. The molecule has 0 saturated carbocycles. The number of hydrogen-bond donors (Lipinski definition) is 2. The Kier molecular flexibility index (Phi) is 8.57. The molecule has 7 heteroatoms. The van der Waals surface area contributed by atoms with Crippen molar-refractivity contribution in [3.63, 3.8) is 0 Å². The number of hydrogen-bond acceptors (Lipinski definition) is 4. The third kappa shape index (κ3) is 5.69. The molecule has 1 aromatic carbocycles. The normalized spacial score (nSPS) is 16.7. The van der Waals surface area contributed by atoms with E-state index in [0.717, 1.165) is 25.8 Å². The molecule has 1 fully saturated rings. The minimum atomic E-state index is -0.204. The molecule has 0 radical (unpaired) electrons. The second kappa shape index (κ2) is 10.2. The summed E-state index contributed by atoms with van der Waals surface area (Å²) >= 11 is 0. The summed E-state index contributed by atoms with van der Waals surface area (Å²) in [6.07, 6.45) is 3.00. The van der Waals surface area contributed by atoms with Crippen LogP contribution in [0.2, 0.25) is 0 Å². The molecule has 1 unspecified atom stereocenters. The van der Waals surface area contributed by atoms with Crippen molar-refractivity contribution in [3.05, 3.63) is 24.3 Å². The van der Waals surface area contributed by atoms with Crippen LogP contribution >= 0.6 is 12.4 Å². The molecule has 0 bridgehead atoms. The molecule has 2 N–H and O–H groups in total. The van der Waals surface area contributed by atoms with Gasteiger partial charge in [-0.1, -0.05) is 12.5 Å². The van der Waals surface area contributed by atoms with Gasteiger partial charge in [0.25, 0.3) is 0 Å². The highest BCUT2D eigenvalue weighted by Gasteiger charge is 2.26. The second-order valence-corrected chi connectivity index (χ2v) is 5.64. The van der Waals surface area contributed by atoms with Gasteiger partial charge in [-0.2, -0.15) is 0 Å². The number of nitrogens with zero attached hydrogens (tertiary/aromatic N) is 1. The van der Waals surface area contributed by atoms with Gasteiger partial charge in [0, 0.05) is 18.3 Å². The molecular formula is C17H26ClN3O3. The molecule has 6 nitrogen and oxygen atoms in total. The molecule has 0 aromatic heterocycles. The van der Waals surface area contributed by atoms with Gasteiger partial charge in [0.15, 0.2) is 0 Å². The average molecular weight is 356 g/mol. The third-order valence-electron chi connectivity index (χ3n) is 3.99. The van der Waals surface area contributed by atoms with E-state index in [1.807, 2.05) is 19.1 Å². The Hall–Kier alpha value is -1.79. The van der Waals surface area contributed by atoms with E-state index in [1.54, 1.807) is 24.1 Å². The van der Waals surface area contributed by atoms with Crippen LogP contribution < -0.4 is 15.4 Å². The first-order valence-corrected chi connectivity index (χ1v) is 8.10. The lowest BCUT2D eigenvalue weighted by molar-refractivity contribution is -0.136. The van der Waals surface area contributed by atoms with Gasteiger partial charge in [-0.3, -0.25) is 9.59 Å². The molecule has 2 rings (SSSR count). The quantitative estimate of drug-likeness (QED) is 0.819. The number of rotatable bonds is 6. The molecule has 134 valence electrons. The van der Waals surface area contributed by atoms with Gasteiger partial charge in [0.2, 0.25) is 11.8 Å². The van der Waals surface area contributed by atoms with E-state index in [0.29, 0.717) is 18.0 Å². The van der Waals surface area contributed by atoms with Crippen molar-refractivity contribution in [1.29, 1.82) is 0 Å². The van der Waals surface area contributed by atoms with E-state index in [4.69, 9.17) is 4.74 Å². The van der Waals surface area contributed by atoms with E-state index >= 15 is 0 Å². The molecule has 1 aromatic rings. The third-order valence-corrected chi connectivity index (χ3v) is 3.99. The van der Waals surface area contributed by atoms with Gasteiger partial charge in [0.1, 0.15) is 5.75 Å². The van der Waals surface area contributed by atoms with Gasteiger partial charge >= 0.3 is 0 Å². The monoisotopic (exact) mass is 355 g/mol. The highest BCUT2D eigenvalue weighted by Crippen LogP contribution is 2.16. The fraction of sp³-hybridized carbons (Fsp3) is 0.529. The predicted octanol–water partition coefficient (Wildman–Crippen LogP) is 2.05. The summed E-state index contributed by atoms with van der Waals surface area (Å²) in [6.45, 7) is 3.33. The molecule has 24 heavy (non-hydrogen) atoms. The van der Waals surface area contributed by atoms with Crippen molar-refractivity contribution >= 4 is 29.9 Å². The van der Waals surface area contributed by atoms with Crippen LogP contribution in [0.5, 0.6) is 5.75 Å². The van der Waals surface area contributed by atoms with E-state index < -0.39 is 0 Å². The smallest absolute Gasteiger partial charge is 0.243 e. The molecule has 1 saturated heterocycles. The first-order valence-electron chi connectivity index (χ1n) is 8.10. The van der Waals surface area contributed by atoms with Crippen LogP contribution in [0.1, 0.15) is 26.2 Å². The SMILES string of the molecule is CCN(CC(=O)Nc1cccc(OC)c1)C(=O)C1CCCCN1.Cl. The summed E-state index contributed by atoms with van der Waals surface area (Å²) in [6, 6.07) is 7.00. The van der Waals surface area contributed by atoms with Crippen LogP contribution in [0.4, 0.5) is 5.69 Å². The first kappa shape index (κ1) is 20.3. The van der Waals surface area contributed by atoms with Crippen molar-refractivity contribution in [2.75, 3.05) is 32.1 Å². The summed E-state index contributed by atoms with van der Waals surface area (Å²) in [7, 11) is 1.58. The van der Waals surface area contributed by atoms with Gasteiger partial charge < -0.3 is 20.3 Å². The fourth-order valence-corrected chi connectivity index (χ4v) is 2.70. The molecule has 0 aliphatic carbocycles. The molecule has 2 amide bonds. The summed E-state index contributed by atoms with van der Waals surface area (Å²) < 4.78 is 5.13. The number of amides is 2. The number of anilines is 1. The van der Waals surface area contributed by atoms with Crippen LogP contribution in [0.3, 0.4) is 0 Å². The van der Waals surface area contributed by atoms with Crippen LogP contribution in [-0.4, -0.2) is 49.5 Å². The first-order chi connectivity index (χ1) is 11.1. The Bertz CT molecular complexity index is 548. The lowest BCUT2D eigenvalue weighted by Gasteiger charge is -2.29. The maximum atomic E-state index is 12.5. The van der Waals surface area contributed by atoms with E-state index in [9.17, 15) is 9.59 Å². The zero-order valence-electron chi connectivity index (χ0n) is 14.2. The maximum absolute atomic E-state index is 12.5. The molecule has 1 atom stereocenters. The van der Waals surface area contributed by atoms with Crippen molar-refractivity contribution in [2.24, 2.45) is 0 Å². The number of benzene rings is 1. The minimum Gasteiger partial charge on any atom is -0.497 e. The van der Waals surface area contributed by atoms with E-state index in [-0.39, 0.29) is 36.8 Å². The lowest BCUT2D eigenvalue weighted by atomic mass is 10.0. The highest BCUT2D eigenvalue weighted by atomic mass is 35.5. The van der Waals surface area contributed by atoms with Crippen LogP contribution in [-0.2, 0) is 9.59 Å². The predicted molar refractivity (Wildman–Crippen MR) is 96.8 cm³/mol. The second-order valence-electron chi connectivity index (χ2n) is 5.64. The Morgan fingerprint density at radius 3 is 2.79 bits per heavy atom. The Morgan fingerprint density at radius 1 is 1.38 bits per heavy atom. The summed E-state index contributed by atoms with van der Waals surface area (Å²) in [5, 5.41) is 6.04. The van der Waals surface area contributed by atoms with E-state index in [2.05, 4.69) is 10.6 Å². The Balaban J connectivity index is 0.00000288. The standard InChI is InChI=1S/C17H25N3O3.ClH/c1-3-20(17(22)15-9-4-5-10-18-15)12-16(21)19-13-7-6-8-14(11-13)23-2;/h6-8,11,15,18H,3-5,9-10,12H2,1-2H3,(H,19,21);1H. The van der Waals surface area contributed by atoms with Crippen molar-refractivity contribution in [1.82, 2.24) is 10.2 Å². The van der Waals surface area contributed by atoms with Crippen molar-refractivity contribution < 1.29 is 14.3 Å². The topological polar surface area (TPSA) is 70.7 Å². The molecule has 1 heterocycles. The molecular weight excluding hydrogens is 330 g/mol. The number of carbonyl (C=O) groups excluding carboxylic acids is 2. The number of halogens is 1. The summed E-state index contributed by atoms with van der Waals surface area (Å²) in [4.78, 5) is 26.3. The van der Waals surface area contributed by atoms with Gasteiger partial charge in [0.05, 0.1) is 19.7 Å². The average Bonchev–Trinajstić information content (AvgIpc) is 2.60. The van der Waals surface area contributed by atoms with Gasteiger partial charge in [-0.25, -0.2) is 0 Å². The van der Waals surface area contributed by atoms with Gasteiger partial charge in [-0.05, 0) is 38.4 Å². The Labute approximate surface area is 149 Å². The van der Waals surface area contributed by atoms with Crippen molar-refractivity contribution in [2.45, 2.75) is 32.2 Å². The van der Waals surface area contributed by atoms with Crippen LogP contribution in [0.15, 0.2) is 24.3 Å².